The summed E-state index contributed by atoms with van der Waals surface area (Å²) in [7, 11) is 1.11. The number of ether oxygens (including phenoxy) is 4. The van der Waals surface area contributed by atoms with E-state index in [1.165, 1.54) is 14.2 Å². The molecule has 0 aromatic heterocycles. The Bertz CT molecular complexity index is 565. The topological polar surface area (TPSA) is 63.2 Å². The monoisotopic (exact) mass is 370 g/mol. The summed E-state index contributed by atoms with van der Waals surface area (Å²) in [5.41, 5.74) is 1.11. The highest BCUT2D eigenvalue weighted by molar-refractivity contribution is 6.74. The lowest BCUT2D eigenvalue weighted by molar-refractivity contribution is 0.0439. The second-order valence-electron chi connectivity index (χ2n) is 7.23. The van der Waals surface area contributed by atoms with Crippen molar-refractivity contribution in [3.8, 4) is 11.5 Å². The largest absolute Gasteiger partial charge is 0.467 e. The molecule has 0 saturated carbocycles. The molecule has 0 N–H and O–H groups in total. The van der Waals surface area contributed by atoms with Crippen molar-refractivity contribution in [3.05, 3.63) is 23.3 Å². The molecule has 7 heteroatoms. The lowest BCUT2D eigenvalue weighted by Crippen LogP contribution is -2.40. The zero-order valence-corrected chi connectivity index (χ0v) is 17.3. The summed E-state index contributed by atoms with van der Waals surface area (Å²) in [5.74, 6) is 0.822. The summed E-state index contributed by atoms with van der Waals surface area (Å²) in [5, 5.41) is 0.0928. The van der Waals surface area contributed by atoms with Crippen molar-refractivity contribution in [1.82, 2.24) is 0 Å². The van der Waals surface area contributed by atoms with E-state index in [1.807, 2.05) is 6.07 Å². The minimum Gasteiger partial charge on any atom is -0.467 e. The minimum atomic E-state index is -1.93. The van der Waals surface area contributed by atoms with Gasteiger partial charge in [0.15, 0.2) is 28.2 Å². The molecule has 1 aromatic carbocycles. The van der Waals surface area contributed by atoms with Gasteiger partial charge in [-0.3, -0.25) is 4.79 Å². The van der Waals surface area contributed by atoms with E-state index < -0.39 is 8.32 Å². The van der Waals surface area contributed by atoms with Crippen molar-refractivity contribution in [2.24, 2.45) is 0 Å². The van der Waals surface area contributed by atoms with Gasteiger partial charge in [-0.05, 0) is 30.3 Å². The zero-order valence-electron chi connectivity index (χ0n) is 16.3. The summed E-state index contributed by atoms with van der Waals surface area (Å²) < 4.78 is 27.2. The van der Waals surface area contributed by atoms with Crippen LogP contribution in [0.2, 0.25) is 18.1 Å². The number of benzene rings is 1. The van der Waals surface area contributed by atoms with E-state index in [2.05, 4.69) is 33.9 Å². The molecule has 0 aliphatic heterocycles. The Balaban J connectivity index is 3.14. The van der Waals surface area contributed by atoms with Gasteiger partial charge in [0.25, 0.3) is 0 Å². The number of carbonyl (C=O) groups excluding carboxylic acids is 1. The number of methoxy groups -OCH3 is 2. The molecule has 0 saturated heterocycles. The first-order valence-corrected chi connectivity index (χ1v) is 11.1. The van der Waals surface area contributed by atoms with Gasteiger partial charge in [-0.1, -0.05) is 20.8 Å². The molecule has 0 aliphatic carbocycles. The van der Waals surface area contributed by atoms with Gasteiger partial charge in [-0.15, -0.1) is 0 Å². The predicted octanol–water partition coefficient (Wildman–Crippen LogP) is 3.99. The molecule has 1 rings (SSSR count). The molecule has 0 fully saturated rings. The van der Waals surface area contributed by atoms with Gasteiger partial charge in [0.05, 0.1) is 12.2 Å². The first kappa shape index (κ1) is 21.6. The van der Waals surface area contributed by atoms with Gasteiger partial charge in [0.2, 0.25) is 0 Å². The van der Waals surface area contributed by atoms with Gasteiger partial charge in [0, 0.05) is 19.8 Å². The Morgan fingerprint density at radius 2 is 1.64 bits per heavy atom. The maximum Gasteiger partial charge on any atom is 0.192 e. The van der Waals surface area contributed by atoms with Crippen molar-refractivity contribution in [1.29, 1.82) is 0 Å². The lowest BCUT2D eigenvalue weighted by atomic mass is 10.1. The fraction of sp³-hybridized carbons (Fsp3) is 0.611. The van der Waals surface area contributed by atoms with Crippen molar-refractivity contribution in [2.45, 2.75) is 45.5 Å². The molecule has 142 valence electrons. The van der Waals surface area contributed by atoms with Crippen molar-refractivity contribution >= 4 is 14.6 Å². The number of aldehydes is 1. The maximum atomic E-state index is 11.6. The SMILES string of the molecule is COCOc1ccc(CO[Si](C)(C)C(C)(C)C)c(OCOC)c1C=O. The molecule has 0 unspecified atom stereocenters. The Kier molecular flexibility index (Phi) is 8.07. The fourth-order valence-corrected chi connectivity index (χ4v) is 2.81. The summed E-state index contributed by atoms with van der Waals surface area (Å²) in [6.45, 7) is 11.3. The highest BCUT2D eigenvalue weighted by Gasteiger charge is 2.37. The Hall–Kier alpha value is -1.41. The van der Waals surface area contributed by atoms with Crippen LogP contribution >= 0.6 is 0 Å². The third-order valence-electron chi connectivity index (χ3n) is 4.40. The van der Waals surface area contributed by atoms with Crippen LogP contribution in [-0.4, -0.2) is 42.4 Å². The Morgan fingerprint density at radius 1 is 1.04 bits per heavy atom. The van der Waals surface area contributed by atoms with E-state index in [1.54, 1.807) is 6.07 Å². The van der Waals surface area contributed by atoms with E-state index in [-0.39, 0.29) is 18.6 Å². The number of hydrogen-bond acceptors (Lipinski definition) is 6. The number of carbonyl (C=O) groups is 1. The number of hydrogen-bond donors (Lipinski definition) is 0. The van der Waals surface area contributed by atoms with Crippen LogP contribution in [0.25, 0.3) is 0 Å². The van der Waals surface area contributed by atoms with E-state index in [0.717, 1.165) is 5.56 Å². The average Bonchev–Trinajstić information content (AvgIpc) is 2.55. The number of rotatable bonds is 10. The third-order valence-corrected chi connectivity index (χ3v) is 8.88. The molecule has 25 heavy (non-hydrogen) atoms. The molecule has 0 aliphatic rings. The van der Waals surface area contributed by atoms with Gasteiger partial charge >= 0.3 is 0 Å². The van der Waals surface area contributed by atoms with E-state index in [0.29, 0.717) is 30.0 Å². The van der Waals surface area contributed by atoms with E-state index in [9.17, 15) is 4.79 Å². The maximum absolute atomic E-state index is 11.6. The van der Waals surface area contributed by atoms with Crippen molar-refractivity contribution in [2.75, 3.05) is 27.8 Å². The van der Waals surface area contributed by atoms with Crippen LogP contribution in [0.3, 0.4) is 0 Å². The van der Waals surface area contributed by atoms with Crippen LogP contribution in [0.4, 0.5) is 0 Å². The molecule has 1 aromatic rings. The fourth-order valence-electron chi connectivity index (χ4n) is 1.86. The van der Waals surface area contributed by atoms with Crippen molar-refractivity contribution in [3.63, 3.8) is 0 Å². The van der Waals surface area contributed by atoms with Crippen LogP contribution in [0, 0.1) is 0 Å². The smallest absolute Gasteiger partial charge is 0.192 e. The molecule has 6 nitrogen and oxygen atoms in total. The zero-order chi connectivity index (χ0) is 19.1. The Labute approximate surface area is 151 Å². The van der Waals surface area contributed by atoms with Gasteiger partial charge in [-0.25, -0.2) is 0 Å². The second kappa shape index (κ2) is 9.33. The van der Waals surface area contributed by atoms with Gasteiger partial charge in [0.1, 0.15) is 11.5 Å². The summed E-state index contributed by atoms with van der Waals surface area (Å²) >= 11 is 0. The minimum absolute atomic E-state index is 0.0294. The lowest BCUT2D eigenvalue weighted by Gasteiger charge is -2.36. The highest BCUT2D eigenvalue weighted by atomic mass is 28.4. The first-order valence-electron chi connectivity index (χ1n) is 8.16. The van der Waals surface area contributed by atoms with Crippen LogP contribution in [-0.2, 0) is 20.5 Å². The van der Waals surface area contributed by atoms with Gasteiger partial charge in [-0.2, -0.15) is 0 Å². The van der Waals surface area contributed by atoms with E-state index in [4.69, 9.17) is 23.4 Å². The van der Waals surface area contributed by atoms with Crippen LogP contribution in [0.5, 0.6) is 11.5 Å². The second-order valence-corrected chi connectivity index (χ2v) is 12.0. The third kappa shape index (κ3) is 5.81. The van der Waals surface area contributed by atoms with Crippen LogP contribution in [0.15, 0.2) is 12.1 Å². The normalized spacial score (nSPS) is 12.1. The molecule has 0 atom stereocenters. The average molecular weight is 371 g/mol. The molecule has 0 radical (unpaired) electrons. The standard InChI is InChI=1S/C18H30O6Si/c1-18(2,3)25(6,7)24-11-14-8-9-16(22-12-20-4)15(10-19)17(14)23-13-21-5/h8-10H,11-13H2,1-7H3. The Morgan fingerprint density at radius 3 is 2.16 bits per heavy atom. The first-order chi connectivity index (χ1) is 11.7. The van der Waals surface area contributed by atoms with Gasteiger partial charge < -0.3 is 23.4 Å². The quantitative estimate of drug-likeness (QED) is 0.353. The van der Waals surface area contributed by atoms with Crippen LogP contribution in [0.1, 0.15) is 36.7 Å². The molecule has 0 bridgehead atoms. The molecule has 0 amide bonds. The summed E-state index contributed by atoms with van der Waals surface area (Å²) in [6, 6.07) is 3.57. The molecule has 0 spiro atoms. The molecular formula is C18H30O6Si. The predicted molar refractivity (Wildman–Crippen MR) is 98.8 cm³/mol. The summed E-state index contributed by atoms with van der Waals surface area (Å²) in [6.07, 6.45) is 0.714. The van der Waals surface area contributed by atoms with Crippen molar-refractivity contribution < 1.29 is 28.2 Å². The van der Waals surface area contributed by atoms with E-state index >= 15 is 0 Å². The van der Waals surface area contributed by atoms with Crippen LogP contribution < -0.4 is 9.47 Å². The highest BCUT2D eigenvalue weighted by Crippen LogP contribution is 2.38. The molecule has 0 heterocycles. The molecular weight excluding hydrogens is 340 g/mol. The summed E-state index contributed by atoms with van der Waals surface area (Å²) in [4.78, 5) is 11.6.